The molecule has 1 fully saturated rings. The number of ether oxygens (including phenoxy) is 1. The van der Waals surface area contributed by atoms with E-state index < -0.39 is 0 Å². The molecule has 1 amide bonds. The maximum Gasteiger partial charge on any atom is 0.267 e. The maximum absolute atomic E-state index is 12.9. The molecule has 1 aliphatic rings. The van der Waals surface area contributed by atoms with Gasteiger partial charge in [-0.25, -0.2) is 9.97 Å². The van der Waals surface area contributed by atoms with E-state index in [9.17, 15) is 4.79 Å². The van der Waals surface area contributed by atoms with Crippen LogP contribution in [0.5, 0.6) is 0 Å². The van der Waals surface area contributed by atoms with Gasteiger partial charge in [-0.3, -0.25) is 4.79 Å². The molecule has 2 aromatic heterocycles. The molecule has 1 saturated heterocycles. The van der Waals surface area contributed by atoms with Crippen LogP contribution in [0.15, 0.2) is 18.6 Å². The van der Waals surface area contributed by atoms with E-state index in [1.165, 1.54) is 11.5 Å². The first-order valence-electron chi connectivity index (χ1n) is 8.09. The summed E-state index contributed by atoms with van der Waals surface area (Å²) >= 11 is 1.18. The van der Waals surface area contributed by atoms with Crippen LogP contribution in [0.3, 0.4) is 0 Å². The lowest BCUT2D eigenvalue weighted by Crippen LogP contribution is -2.36. The van der Waals surface area contributed by atoms with Crippen molar-refractivity contribution < 1.29 is 9.53 Å². The van der Waals surface area contributed by atoms with Crippen molar-refractivity contribution in [2.75, 3.05) is 26.3 Å². The summed E-state index contributed by atoms with van der Waals surface area (Å²) in [6.45, 7) is 6.47. The monoisotopic (exact) mass is 347 g/mol. The fourth-order valence-corrected chi connectivity index (χ4v) is 3.58. The average molecular weight is 347 g/mol. The number of hydrogen-bond acceptors (Lipinski definition) is 7. The minimum absolute atomic E-state index is 0.00638. The second-order valence-electron chi connectivity index (χ2n) is 6.24. The third kappa shape index (κ3) is 3.93. The Balaban J connectivity index is 1.72. The second-order valence-corrected chi connectivity index (χ2v) is 6.99. The molecule has 24 heavy (non-hydrogen) atoms. The second kappa shape index (κ2) is 7.76. The van der Waals surface area contributed by atoms with Crippen molar-refractivity contribution in [3.8, 4) is 0 Å². The van der Waals surface area contributed by atoms with Gasteiger partial charge in [0.25, 0.3) is 5.91 Å². The lowest BCUT2D eigenvalue weighted by Gasteiger charge is -2.23. The lowest BCUT2D eigenvalue weighted by atomic mass is 10.0. The van der Waals surface area contributed by atoms with Crippen LogP contribution in [0.2, 0.25) is 0 Å². The van der Waals surface area contributed by atoms with Crippen molar-refractivity contribution in [3.63, 3.8) is 0 Å². The van der Waals surface area contributed by atoms with E-state index in [0.29, 0.717) is 31.2 Å². The Bertz CT molecular complexity index is 676. The molecule has 3 rings (SSSR count). The van der Waals surface area contributed by atoms with Crippen LogP contribution >= 0.6 is 11.5 Å². The van der Waals surface area contributed by atoms with Crippen LogP contribution in [0.4, 0.5) is 0 Å². The normalized spacial score (nSPS) is 18.6. The first-order valence-corrected chi connectivity index (χ1v) is 8.86. The Kier molecular flexibility index (Phi) is 5.47. The first kappa shape index (κ1) is 16.9. The van der Waals surface area contributed by atoms with Crippen molar-refractivity contribution in [2.45, 2.75) is 26.2 Å². The van der Waals surface area contributed by atoms with Gasteiger partial charge in [0.1, 0.15) is 11.2 Å². The van der Waals surface area contributed by atoms with Crippen LogP contribution in [-0.2, 0) is 11.2 Å². The molecule has 2 aromatic rings. The predicted octanol–water partition coefficient (Wildman–Crippen LogP) is 1.78. The summed E-state index contributed by atoms with van der Waals surface area (Å²) in [5, 5.41) is 4.11. The largest absolute Gasteiger partial charge is 0.379 e. The van der Waals surface area contributed by atoms with E-state index in [0.717, 1.165) is 17.8 Å². The zero-order chi connectivity index (χ0) is 16.9. The fourth-order valence-electron chi connectivity index (χ4n) is 2.79. The number of carbonyl (C=O) groups is 1. The Labute approximate surface area is 145 Å². The fraction of sp³-hybridized carbons (Fsp3) is 0.562. The molecular weight excluding hydrogens is 326 g/mol. The number of hydrogen-bond donors (Lipinski definition) is 0. The highest BCUT2D eigenvalue weighted by molar-refractivity contribution is 7.08. The molecule has 1 atom stereocenters. The topological polar surface area (TPSA) is 81.1 Å². The summed E-state index contributed by atoms with van der Waals surface area (Å²) in [5.41, 5.74) is 1.75. The number of amides is 1. The lowest BCUT2D eigenvalue weighted by molar-refractivity contribution is 0.0740. The SMILES string of the molecule is CC(C)c1nnsc1C(=O)N1CCOCC(Cc2ccncn2)C1. The van der Waals surface area contributed by atoms with Crippen molar-refractivity contribution in [3.05, 3.63) is 34.9 Å². The van der Waals surface area contributed by atoms with Gasteiger partial charge >= 0.3 is 0 Å². The molecule has 0 aromatic carbocycles. The Morgan fingerprint density at radius 1 is 1.50 bits per heavy atom. The van der Waals surface area contributed by atoms with Gasteiger partial charge in [-0.15, -0.1) is 5.10 Å². The molecule has 0 saturated carbocycles. The van der Waals surface area contributed by atoms with Crippen LogP contribution < -0.4 is 0 Å². The molecular formula is C16H21N5O2S. The molecule has 3 heterocycles. The molecule has 8 heteroatoms. The van der Waals surface area contributed by atoms with E-state index in [-0.39, 0.29) is 17.7 Å². The highest BCUT2D eigenvalue weighted by atomic mass is 32.1. The van der Waals surface area contributed by atoms with Crippen molar-refractivity contribution in [1.82, 2.24) is 24.5 Å². The molecule has 1 unspecified atom stereocenters. The summed E-state index contributed by atoms with van der Waals surface area (Å²) in [7, 11) is 0. The van der Waals surface area contributed by atoms with Crippen molar-refractivity contribution >= 4 is 17.4 Å². The van der Waals surface area contributed by atoms with E-state index in [4.69, 9.17) is 4.74 Å². The molecule has 0 aliphatic carbocycles. The van der Waals surface area contributed by atoms with Gasteiger partial charge in [-0.2, -0.15) is 0 Å². The molecule has 0 radical (unpaired) electrons. The van der Waals surface area contributed by atoms with Crippen LogP contribution in [0, 0.1) is 5.92 Å². The zero-order valence-electron chi connectivity index (χ0n) is 13.9. The number of nitrogens with zero attached hydrogens (tertiary/aromatic N) is 5. The molecule has 0 bridgehead atoms. The molecule has 128 valence electrons. The molecule has 1 aliphatic heterocycles. The van der Waals surface area contributed by atoms with Gasteiger partial charge in [0.05, 0.1) is 18.9 Å². The minimum Gasteiger partial charge on any atom is -0.379 e. The van der Waals surface area contributed by atoms with Gasteiger partial charge in [-0.05, 0) is 29.9 Å². The average Bonchev–Trinajstić information content (AvgIpc) is 2.96. The standard InChI is InChI=1S/C16H21N5O2S/c1-11(2)14-15(24-20-19-14)16(22)21-5-6-23-9-12(8-21)7-13-3-4-17-10-18-13/h3-4,10-12H,5-9H2,1-2H3. The Morgan fingerprint density at radius 3 is 3.12 bits per heavy atom. The summed E-state index contributed by atoms with van der Waals surface area (Å²) in [5.74, 6) is 0.407. The highest BCUT2D eigenvalue weighted by Gasteiger charge is 2.28. The summed E-state index contributed by atoms with van der Waals surface area (Å²) in [4.78, 5) is 23.6. The van der Waals surface area contributed by atoms with Crippen molar-refractivity contribution in [2.24, 2.45) is 5.92 Å². The van der Waals surface area contributed by atoms with Gasteiger partial charge < -0.3 is 9.64 Å². The van der Waals surface area contributed by atoms with E-state index in [1.54, 1.807) is 12.5 Å². The predicted molar refractivity (Wildman–Crippen MR) is 89.9 cm³/mol. The maximum atomic E-state index is 12.9. The third-order valence-electron chi connectivity index (χ3n) is 4.02. The first-order chi connectivity index (χ1) is 11.6. The van der Waals surface area contributed by atoms with Gasteiger partial charge in [0.2, 0.25) is 0 Å². The van der Waals surface area contributed by atoms with Crippen LogP contribution in [0.1, 0.15) is 40.8 Å². The zero-order valence-corrected chi connectivity index (χ0v) is 14.7. The number of aromatic nitrogens is 4. The van der Waals surface area contributed by atoms with Gasteiger partial charge in [0.15, 0.2) is 0 Å². The van der Waals surface area contributed by atoms with Crippen LogP contribution in [-0.4, -0.2) is 56.7 Å². The Morgan fingerprint density at radius 2 is 2.38 bits per heavy atom. The smallest absolute Gasteiger partial charge is 0.267 e. The molecule has 0 spiro atoms. The van der Waals surface area contributed by atoms with E-state index in [2.05, 4.69) is 19.6 Å². The Hall–Kier alpha value is -1.93. The summed E-state index contributed by atoms with van der Waals surface area (Å²) in [6, 6.07) is 1.90. The van der Waals surface area contributed by atoms with Gasteiger partial charge in [0, 0.05) is 30.9 Å². The number of carbonyl (C=O) groups excluding carboxylic acids is 1. The van der Waals surface area contributed by atoms with Gasteiger partial charge in [-0.1, -0.05) is 18.3 Å². The van der Waals surface area contributed by atoms with Crippen molar-refractivity contribution in [1.29, 1.82) is 0 Å². The summed E-state index contributed by atoms with van der Waals surface area (Å²) in [6.07, 6.45) is 4.05. The number of rotatable bonds is 4. The molecule has 0 N–H and O–H groups in total. The highest BCUT2D eigenvalue weighted by Crippen LogP contribution is 2.23. The minimum atomic E-state index is 0.00638. The molecule has 7 nitrogen and oxygen atoms in total. The summed E-state index contributed by atoms with van der Waals surface area (Å²) < 4.78 is 9.66. The third-order valence-corrected chi connectivity index (χ3v) is 4.75. The van der Waals surface area contributed by atoms with Crippen LogP contribution in [0.25, 0.3) is 0 Å². The van der Waals surface area contributed by atoms with E-state index >= 15 is 0 Å². The quantitative estimate of drug-likeness (QED) is 0.839. The van der Waals surface area contributed by atoms with E-state index in [1.807, 2.05) is 24.8 Å².